The lowest BCUT2D eigenvalue weighted by Crippen LogP contribution is -2.29. The lowest BCUT2D eigenvalue weighted by atomic mass is 10.0. The number of carbonyl (C=O) groups is 1. The van der Waals surface area contributed by atoms with Gasteiger partial charge in [-0.05, 0) is 6.42 Å². The fourth-order valence-corrected chi connectivity index (χ4v) is 2.62. The van der Waals surface area contributed by atoms with Gasteiger partial charge in [-0.25, -0.2) is 4.79 Å². The Morgan fingerprint density at radius 1 is 0.773 bits per heavy atom. The van der Waals surface area contributed by atoms with E-state index in [1.807, 2.05) is 0 Å². The molecular formula is C18H34F2O2. The van der Waals surface area contributed by atoms with Crippen molar-refractivity contribution in [3.05, 3.63) is 0 Å². The highest BCUT2D eigenvalue weighted by molar-refractivity contribution is 5.77. The zero-order valence-electron chi connectivity index (χ0n) is 14.5. The first-order valence-corrected chi connectivity index (χ1v) is 9.01. The van der Waals surface area contributed by atoms with Crippen LogP contribution >= 0.6 is 0 Å². The smallest absolute Gasteiger partial charge is 0.376 e. The molecule has 0 aromatic carbocycles. The number of hydrogen-bond donors (Lipinski definition) is 0. The largest absolute Gasteiger partial charge is 0.465 e. The van der Waals surface area contributed by atoms with E-state index in [4.69, 9.17) is 0 Å². The number of alkyl halides is 2. The van der Waals surface area contributed by atoms with Crippen LogP contribution in [-0.2, 0) is 9.53 Å². The van der Waals surface area contributed by atoms with E-state index < -0.39 is 18.3 Å². The van der Waals surface area contributed by atoms with Crippen molar-refractivity contribution >= 4 is 5.97 Å². The van der Waals surface area contributed by atoms with Crippen LogP contribution in [0.2, 0.25) is 0 Å². The maximum absolute atomic E-state index is 13.2. The standard InChI is InChI=1S/C18H34F2O2/c1-3-4-5-6-7-8-9-10-11-12-13-14-15-16-18(19,20)17(21)22-2/h3-16H2,1-2H3. The van der Waals surface area contributed by atoms with Gasteiger partial charge >= 0.3 is 11.9 Å². The summed E-state index contributed by atoms with van der Waals surface area (Å²) in [5, 5.41) is 0. The summed E-state index contributed by atoms with van der Waals surface area (Å²) in [7, 11) is 1.00. The molecule has 0 saturated heterocycles. The number of unbranched alkanes of at least 4 members (excludes halogenated alkanes) is 12. The van der Waals surface area contributed by atoms with E-state index in [0.29, 0.717) is 6.42 Å². The maximum Gasteiger partial charge on any atom is 0.376 e. The second-order valence-electron chi connectivity index (χ2n) is 6.19. The molecule has 2 nitrogen and oxygen atoms in total. The number of ether oxygens (including phenoxy) is 1. The number of esters is 1. The van der Waals surface area contributed by atoms with Gasteiger partial charge in [0.05, 0.1) is 7.11 Å². The van der Waals surface area contributed by atoms with Gasteiger partial charge in [-0.15, -0.1) is 0 Å². The third-order valence-electron chi connectivity index (χ3n) is 4.08. The third kappa shape index (κ3) is 11.9. The first-order chi connectivity index (χ1) is 10.5. The summed E-state index contributed by atoms with van der Waals surface area (Å²) >= 11 is 0. The van der Waals surface area contributed by atoms with Gasteiger partial charge in [0.25, 0.3) is 0 Å². The van der Waals surface area contributed by atoms with Crippen molar-refractivity contribution in [3.8, 4) is 0 Å². The zero-order chi connectivity index (χ0) is 16.7. The number of carbonyl (C=O) groups excluding carboxylic acids is 1. The predicted octanol–water partition coefficient (Wildman–Crippen LogP) is 6.28. The number of methoxy groups -OCH3 is 1. The lowest BCUT2D eigenvalue weighted by molar-refractivity contribution is -0.169. The van der Waals surface area contributed by atoms with Gasteiger partial charge in [-0.2, -0.15) is 8.78 Å². The number of halogens is 2. The van der Waals surface area contributed by atoms with Crippen molar-refractivity contribution in [2.45, 2.75) is 103 Å². The molecule has 0 atom stereocenters. The minimum atomic E-state index is -3.31. The van der Waals surface area contributed by atoms with Gasteiger partial charge in [0.15, 0.2) is 0 Å². The maximum atomic E-state index is 13.2. The summed E-state index contributed by atoms with van der Waals surface area (Å²) in [6, 6.07) is 0. The molecule has 4 heteroatoms. The second-order valence-corrected chi connectivity index (χ2v) is 6.19. The molecule has 22 heavy (non-hydrogen) atoms. The van der Waals surface area contributed by atoms with Gasteiger partial charge in [-0.3, -0.25) is 0 Å². The molecular weight excluding hydrogens is 286 g/mol. The molecule has 0 unspecified atom stereocenters. The van der Waals surface area contributed by atoms with Crippen LogP contribution in [0.1, 0.15) is 96.8 Å². The average molecular weight is 320 g/mol. The van der Waals surface area contributed by atoms with Crippen molar-refractivity contribution in [2.75, 3.05) is 7.11 Å². The summed E-state index contributed by atoms with van der Waals surface area (Å²) in [4.78, 5) is 10.8. The van der Waals surface area contributed by atoms with Gasteiger partial charge in [0, 0.05) is 6.42 Å². The molecule has 0 aliphatic rings. The van der Waals surface area contributed by atoms with Gasteiger partial charge in [0.2, 0.25) is 0 Å². The van der Waals surface area contributed by atoms with Crippen LogP contribution < -0.4 is 0 Å². The monoisotopic (exact) mass is 320 g/mol. The fraction of sp³-hybridized carbons (Fsp3) is 0.944. The van der Waals surface area contributed by atoms with Crippen molar-refractivity contribution in [2.24, 2.45) is 0 Å². The Kier molecular flexibility index (Phi) is 13.5. The van der Waals surface area contributed by atoms with Crippen molar-refractivity contribution in [1.82, 2.24) is 0 Å². The van der Waals surface area contributed by atoms with Gasteiger partial charge in [-0.1, -0.05) is 84.0 Å². The fourth-order valence-electron chi connectivity index (χ4n) is 2.62. The Bertz CT molecular complexity index is 268. The molecule has 0 fully saturated rings. The quantitative estimate of drug-likeness (QED) is 0.262. The summed E-state index contributed by atoms with van der Waals surface area (Å²) in [5.41, 5.74) is 0. The predicted molar refractivity (Wildman–Crippen MR) is 87.3 cm³/mol. The highest BCUT2D eigenvalue weighted by atomic mass is 19.3. The molecule has 0 aliphatic carbocycles. The van der Waals surface area contributed by atoms with Gasteiger partial charge in [0.1, 0.15) is 0 Å². The third-order valence-corrected chi connectivity index (χ3v) is 4.08. The van der Waals surface area contributed by atoms with Crippen LogP contribution in [0.4, 0.5) is 8.78 Å². The zero-order valence-corrected chi connectivity index (χ0v) is 14.5. The Hall–Kier alpha value is -0.670. The Morgan fingerprint density at radius 3 is 1.50 bits per heavy atom. The summed E-state index contributed by atoms with van der Waals surface area (Å²) in [6.07, 6.45) is 14.7. The van der Waals surface area contributed by atoms with E-state index in [-0.39, 0.29) is 0 Å². The van der Waals surface area contributed by atoms with Crippen LogP contribution in [-0.4, -0.2) is 19.0 Å². The molecule has 0 amide bonds. The minimum Gasteiger partial charge on any atom is -0.465 e. The summed E-state index contributed by atoms with van der Waals surface area (Å²) < 4.78 is 30.4. The SMILES string of the molecule is CCCCCCCCCCCCCCCC(F)(F)C(=O)OC. The normalized spacial score (nSPS) is 11.6. The van der Waals surface area contributed by atoms with E-state index in [1.165, 1.54) is 57.8 Å². The van der Waals surface area contributed by atoms with Crippen molar-refractivity contribution in [1.29, 1.82) is 0 Å². The topological polar surface area (TPSA) is 26.3 Å². The van der Waals surface area contributed by atoms with E-state index in [1.54, 1.807) is 0 Å². The van der Waals surface area contributed by atoms with E-state index in [9.17, 15) is 13.6 Å². The molecule has 0 saturated carbocycles. The van der Waals surface area contributed by atoms with Crippen LogP contribution in [0.15, 0.2) is 0 Å². The molecule has 0 aliphatic heterocycles. The van der Waals surface area contributed by atoms with Crippen molar-refractivity contribution < 1.29 is 18.3 Å². The molecule has 0 heterocycles. The molecule has 0 aromatic rings. The Morgan fingerprint density at radius 2 is 1.14 bits per heavy atom. The highest BCUT2D eigenvalue weighted by Crippen LogP contribution is 2.23. The van der Waals surface area contributed by atoms with E-state index in [0.717, 1.165) is 26.4 Å². The van der Waals surface area contributed by atoms with Crippen LogP contribution in [0.5, 0.6) is 0 Å². The first kappa shape index (κ1) is 21.3. The lowest BCUT2D eigenvalue weighted by Gasteiger charge is -2.12. The molecule has 0 aromatic heterocycles. The first-order valence-electron chi connectivity index (χ1n) is 9.01. The average Bonchev–Trinajstić information content (AvgIpc) is 2.50. The molecule has 0 radical (unpaired) electrons. The van der Waals surface area contributed by atoms with E-state index >= 15 is 0 Å². The number of hydrogen-bond acceptors (Lipinski definition) is 2. The van der Waals surface area contributed by atoms with E-state index in [2.05, 4.69) is 11.7 Å². The van der Waals surface area contributed by atoms with Crippen molar-refractivity contribution in [3.63, 3.8) is 0 Å². The molecule has 132 valence electrons. The van der Waals surface area contributed by atoms with Gasteiger partial charge < -0.3 is 4.74 Å². The summed E-state index contributed by atoms with van der Waals surface area (Å²) in [6.45, 7) is 2.23. The number of rotatable bonds is 15. The Labute approximate surface area is 135 Å². The molecule has 0 spiro atoms. The second kappa shape index (κ2) is 14.0. The van der Waals surface area contributed by atoms with Crippen LogP contribution in [0.25, 0.3) is 0 Å². The molecule has 0 bridgehead atoms. The highest BCUT2D eigenvalue weighted by Gasteiger charge is 2.38. The minimum absolute atomic E-state index is 0.388. The molecule has 0 rings (SSSR count). The molecule has 0 N–H and O–H groups in total. The Balaban J connectivity index is 3.25. The summed E-state index contributed by atoms with van der Waals surface area (Å²) in [5.74, 6) is -4.72. The van der Waals surface area contributed by atoms with Crippen LogP contribution in [0.3, 0.4) is 0 Å². The van der Waals surface area contributed by atoms with Crippen LogP contribution in [0, 0.1) is 0 Å².